The van der Waals surface area contributed by atoms with E-state index in [1.807, 2.05) is 0 Å². The smallest absolute Gasteiger partial charge is 0.418 e. The Balaban J connectivity index is 1.82. The zero-order valence-electron chi connectivity index (χ0n) is 17.1. The van der Waals surface area contributed by atoms with Crippen LogP contribution in [0.1, 0.15) is 21.5 Å². The van der Waals surface area contributed by atoms with Crippen LogP contribution >= 0.6 is 0 Å². The lowest BCUT2D eigenvalue weighted by Gasteiger charge is -2.14. The van der Waals surface area contributed by atoms with Crippen LogP contribution in [0.25, 0.3) is 0 Å². The SMILES string of the molecule is COc1ccc(CNS(=O)(=O)c2cc(C(=O)Nc3ccccc3C(F)(F)F)ccc2F)cc1. The minimum atomic E-state index is -4.72. The number of sulfonamides is 1. The zero-order chi connectivity index (χ0) is 24.2. The van der Waals surface area contributed by atoms with Crippen molar-refractivity contribution in [1.82, 2.24) is 4.72 Å². The second-order valence-corrected chi connectivity index (χ2v) is 8.55. The minimum Gasteiger partial charge on any atom is -0.497 e. The summed E-state index contributed by atoms with van der Waals surface area (Å²) in [6.07, 6.45) is -4.72. The van der Waals surface area contributed by atoms with Gasteiger partial charge in [-0.15, -0.1) is 0 Å². The van der Waals surface area contributed by atoms with Crippen LogP contribution in [-0.4, -0.2) is 21.4 Å². The Morgan fingerprint density at radius 2 is 1.67 bits per heavy atom. The van der Waals surface area contributed by atoms with Crippen molar-refractivity contribution in [2.45, 2.75) is 17.6 Å². The molecular weight excluding hydrogens is 464 g/mol. The molecule has 0 spiro atoms. The van der Waals surface area contributed by atoms with Crippen molar-refractivity contribution in [3.05, 3.63) is 89.2 Å². The molecule has 0 atom stereocenters. The number of halogens is 4. The topological polar surface area (TPSA) is 84.5 Å². The molecule has 11 heteroatoms. The maximum atomic E-state index is 14.3. The monoisotopic (exact) mass is 482 g/mol. The fourth-order valence-electron chi connectivity index (χ4n) is 2.88. The fourth-order valence-corrected chi connectivity index (χ4v) is 4.00. The normalized spacial score (nSPS) is 11.8. The number of methoxy groups -OCH3 is 1. The van der Waals surface area contributed by atoms with Crippen molar-refractivity contribution in [2.24, 2.45) is 0 Å². The first-order chi connectivity index (χ1) is 15.5. The molecule has 3 rings (SSSR count). The highest BCUT2D eigenvalue weighted by Crippen LogP contribution is 2.34. The van der Waals surface area contributed by atoms with Gasteiger partial charge in [-0.25, -0.2) is 17.5 Å². The maximum Gasteiger partial charge on any atom is 0.418 e. The van der Waals surface area contributed by atoms with E-state index in [1.54, 1.807) is 24.3 Å². The Bertz CT molecular complexity index is 1260. The van der Waals surface area contributed by atoms with Crippen molar-refractivity contribution in [3.63, 3.8) is 0 Å². The molecule has 0 aliphatic heterocycles. The average molecular weight is 482 g/mol. The first-order valence-corrected chi connectivity index (χ1v) is 10.9. The predicted molar refractivity (Wildman–Crippen MR) is 113 cm³/mol. The van der Waals surface area contributed by atoms with E-state index in [4.69, 9.17) is 4.74 Å². The Morgan fingerprint density at radius 3 is 2.30 bits per heavy atom. The van der Waals surface area contributed by atoms with Gasteiger partial charge in [0, 0.05) is 12.1 Å². The Hall–Kier alpha value is -3.44. The van der Waals surface area contributed by atoms with Crippen LogP contribution in [0.5, 0.6) is 5.75 Å². The quantitative estimate of drug-likeness (QED) is 0.483. The number of anilines is 1. The number of carbonyl (C=O) groups excluding carboxylic acids is 1. The van der Waals surface area contributed by atoms with E-state index in [9.17, 15) is 30.8 Å². The fraction of sp³-hybridized carbons (Fsp3) is 0.136. The number of ether oxygens (including phenoxy) is 1. The molecule has 0 aliphatic carbocycles. The van der Waals surface area contributed by atoms with Gasteiger partial charge in [-0.05, 0) is 48.0 Å². The van der Waals surface area contributed by atoms with Gasteiger partial charge in [0.25, 0.3) is 5.91 Å². The van der Waals surface area contributed by atoms with Crippen LogP contribution in [0, 0.1) is 5.82 Å². The lowest BCUT2D eigenvalue weighted by molar-refractivity contribution is -0.136. The molecule has 3 aromatic rings. The number of nitrogens with one attached hydrogen (secondary N) is 2. The summed E-state index contributed by atoms with van der Waals surface area (Å²) in [7, 11) is -2.90. The van der Waals surface area contributed by atoms with Crippen molar-refractivity contribution >= 4 is 21.6 Å². The van der Waals surface area contributed by atoms with Gasteiger partial charge in [0.2, 0.25) is 10.0 Å². The molecule has 0 saturated heterocycles. The van der Waals surface area contributed by atoms with Gasteiger partial charge < -0.3 is 10.1 Å². The average Bonchev–Trinajstić information content (AvgIpc) is 2.78. The molecule has 3 aromatic carbocycles. The van der Waals surface area contributed by atoms with E-state index in [2.05, 4.69) is 10.0 Å². The van der Waals surface area contributed by atoms with Crippen LogP contribution < -0.4 is 14.8 Å². The van der Waals surface area contributed by atoms with Gasteiger partial charge in [-0.3, -0.25) is 4.79 Å². The molecule has 0 heterocycles. The summed E-state index contributed by atoms with van der Waals surface area (Å²) in [5.74, 6) is -1.58. The Kier molecular flexibility index (Phi) is 7.04. The molecule has 0 fully saturated rings. The molecule has 0 radical (unpaired) electrons. The van der Waals surface area contributed by atoms with Gasteiger partial charge >= 0.3 is 6.18 Å². The van der Waals surface area contributed by atoms with Gasteiger partial charge in [0.1, 0.15) is 16.5 Å². The lowest BCUT2D eigenvalue weighted by atomic mass is 10.1. The molecule has 0 aromatic heterocycles. The molecule has 2 N–H and O–H groups in total. The van der Waals surface area contributed by atoms with Gasteiger partial charge in [0.15, 0.2) is 0 Å². The number of rotatable bonds is 7. The summed E-state index contributed by atoms with van der Waals surface area (Å²) in [5.41, 5.74) is -1.36. The standard InChI is InChI=1S/C22H18F4N2O4S/c1-32-16-9-6-14(7-10-16)13-27-33(30,31)20-12-15(8-11-18(20)23)21(29)28-19-5-3-2-4-17(19)22(24,25)26/h2-12,27H,13H2,1H3,(H,28,29). The minimum absolute atomic E-state index is 0.166. The molecule has 0 saturated carbocycles. The van der Waals surface area contributed by atoms with Crippen molar-refractivity contribution in [2.75, 3.05) is 12.4 Å². The van der Waals surface area contributed by atoms with Gasteiger partial charge in [-0.1, -0.05) is 24.3 Å². The molecule has 1 amide bonds. The van der Waals surface area contributed by atoms with Crippen molar-refractivity contribution in [1.29, 1.82) is 0 Å². The van der Waals surface area contributed by atoms with Gasteiger partial charge in [-0.2, -0.15) is 13.2 Å². The van der Waals surface area contributed by atoms with E-state index in [0.717, 1.165) is 36.4 Å². The Morgan fingerprint density at radius 1 is 1.00 bits per heavy atom. The maximum absolute atomic E-state index is 14.3. The molecule has 33 heavy (non-hydrogen) atoms. The van der Waals surface area contributed by atoms with E-state index < -0.39 is 44.1 Å². The molecular formula is C22H18F4N2O4S. The largest absolute Gasteiger partial charge is 0.497 e. The highest BCUT2D eigenvalue weighted by molar-refractivity contribution is 7.89. The van der Waals surface area contributed by atoms with Crippen LogP contribution in [-0.2, 0) is 22.7 Å². The summed E-state index contributed by atoms with van der Waals surface area (Å²) in [5, 5.41) is 2.09. The zero-order valence-corrected chi connectivity index (χ0v) is 17.9. The lowest BCUT2D eigenvalue weighted by Crippen LogP contribution is -2.25. The number of benzene rings is 3. The molecule has 0 bridgehead atoms. The summed E-state index contributed by atoms with van der Waals surface area (Å²) >= 11 is 0. The van der Waals surface area contributed by atoms with Crippen molar-refractivity contribution in [3.8, 4) is 5.75 Å². The molecule has 0 unspecified atom stereocenters. The number of hydrogen-bond acceptors (Lipinski definition) is 4. The van der Waals surface area contributed by atoms with Crippen LogP contribution in [0.3, 0.4) is 0 Å². The third-order valence-corrected chi connectivity index (χ3v) is 6.01. The first-order valence-electron chi connectivity index (χ1n) is 9.41. The Labute approximate surface area is 187 Å². The van der Waals surface area contributed by atoms with Crippen LogP contribution in [0.15, 0.2) is 71.6 Å². The number of carbonyl (C=O) groups is 1. The van der Waals surface area contributed by atoms with Crippen LogP contribution in [0.4, 0.5) is 23.2 Å². The van der Waals surface area contributed by atoms with Crippen LogP contribution in [0.2, 0.25) is 0 Å². The molecule has 6 nitrogen and oxygen atoms in total. The van der Waals surface area contributed by atoms with E-state index >= 15 is 0 Å². The summed E-state index contributed by atoms with van der Waals surface area (Å²) in [6, 6.07) is 13.3. The highest BCUT2D eigenvalue weighted by atomic mass is 32.2. The van der Waals surface area contributed by atoms with E-state index in [1.165, 1.54) is 13.2 Å². The van der Waals surface area contributed by atoms with Crippen molar-refractivity contribution < 1.29 is 35.5 Å². The second kappa shape index (κ2) is 9.59. The van der Waals surface area contributed by atoms with E-state index in [0.29, 0.717) is 11.3 Å². The summed E-state index contributed by atoms with van der Waals surface area (Å²) < 4.78 is 86.2. The highest BCUT2D eigenvalue weighted by Gasteiger charge is 2.33. The molecule has 0 aliphatic rings. The predicted octanol–water partition coefficient (Wildman–Crippen LogP) is 4.58. The number of para-hydroxylation sites is 1. The third-order valence-electron chi connectivity index (χ3n) is 4.59. The number of amides is 1. The van der Waals surface area contributed by atoms with E-state index in [-0.39, 0.29) is 12.1 Å². The molecule has 174 valence electrons. The first kappa shape index (κ1) is 24.2. The second-order valence-electron chi connectivity index (χ2n) is 6.82. The summed E-state index contributed by atoms with van der Waals surface area (Å²) in [6.45, 7) is -0.166. The number of alkyl halides is 3. The third kappa shape index (κ3) is 5.88. The van der Waals surface area contributed by atoms with Gasteiger partial charge in [0.05, 0.1) is 18.4 Å². The number of hydrogen-bond donors (Lipinski definition) is 2. The summed E-state index contributed by atoms with van der Waals surface area (Å²) in [4.78, 5) is 11.7.